The van der Waals surface area contributed by atoms with Gasteiger partial charge in [0.2, 0.25) is 5.91 Å². The lowest BCUT2D eigenvalue weighted by Gasteiger charge is -2.04. The first-order valence-corrected chi connectivity index (χ1v) is 6.77. The second kappa shape index (κ2) is 11.4. The molecule has 1 amide bonds. The molecule has 0 atom stereocenters. The summed E-state index contributed by atoms with van der Waals surface area (Å²) in [5.74, 6) is 0.640. The zero-order chi connectivity index (χ0) is 12.9. The van der Waals surface area contributed by atoms with E-state index in [0.717, 1.165) is 19.4 Å². The van der Waals surface area contributed by atoms with Gasteiger partial charge < -0.3 is 5.32 Å². The van der Waals surface area contributed by atoms with Crippen LogP contribution in [0.4, 0.5) is 0 Å². The van der Waals surface area contributed by atoms with Crippen molar-refractivity contribution in [2.45, 2.75) is 52.9 Å². The second-order valence-electron chi connectivity index (χ2n) is 4.76. The third-order valence-electron chi connectivity index (χ3n) is 2.49. The number of amides is 1. The number of carbonyl (C=O) groups is 1. The van der Waals surface area contributed by atoms with Gasteiger partial charge in [0.1, 0.15) is 0 Å². The molecule has 17 heavy (non-hydrogen) atoms. The van der Waals surface area contributed by atoms with E-state index >= 15 is 0 Å². The molecule has 0 saturated heterocycles. The molecule has 0 saturated carbocycles. The van der Waals surface area contributed by atoms with Gasteiger partial charge in [-0.25, -0.2) is 0 Å². The van der Waals surface area contributed by atoms with Gasteiger partial charge in [-0.3, -0.25) is 4.79 Å². The quantitative estimate of drug-likeness (QED) is 0.368. The summed E-state index contributed by atoms with van der Waals surface area (Å²) in [6, 6.07) is 0. The summed E-state index contributed by atoms with van der Waals surface area (Å²) in [5.41, 5.74) is 0. The van der Waals surface area contributed by atoms with Crippen molar-refractivity contribution in [3.63, 3.8) is 0 Å². The predicted molar refractivity (Wildman–Crippen MR) is 74.9 cm³/mol. The van der Waals surface area contributed by atoms with Crippen molar-refractivity contribution in [2.75, 3.05) is 6.54 Å². The van der Waals surface area contributed by atoms with E-state index in [4.69, 9.17) is 0 Å². The maximum Gasteiger partial charge on any atom is 0.243 e. The number of hydrogen-bond acceptors (Lipinski definition) is 1. The fourth-order valence-electron chi connectivity index (χ4n) is 1.37. The van der Waals surface area contributed by atoms with E-state index in [-0.39, 0.29) is 5.91 Å². The maximum absolute atomic E-state index is 11.3. The number of allylic oxidation sites excluding steroid dienone is 3. The molecule has 2 nitrogen and oxygen atoms in total. The zero-order valence-electron chi connectivity index (χ0n) is 11.5. The zero-order valence-corrected chi connectivity index (χ0v) is 11.5. The SMILES string of the molecule is CCCCCC=CC=CC(=O)NCCC(C)C. The molecule has 0 heterocycles. The molecular formula is C15H27NO. The Balaban J connectivity index is 3.52. The third-order valence-corrected chi connectivity index (χ3v) is 2.49. The smallest absolute Gasteiger partial charge is 0.243 e. The number of unbranched alkanes of at least 4 members (excludes halogenated alkanes) is 3. The summed E-state index contributed by atoms with van der Waals surface area (Å²) in [4.78, 5) is 11.3. The monoisotopic (exact) mass is 237 g/mol. The lowest BCUT2D eigenvalue weighted by molar-refractivity contribution is -0.116. The van der Waals surface area contributed by atoms with Crippen molar-refractivity contribution in [2.24, 2.45) is 5.92 Å². The van der Waals surface area contributed by atoms with Crippen LogP contribution in [-0.2, 0) is 4.79 Å². The molecule has 1 N–H and O–H groups in total. The summed E-state index contributed by atoms with van der Waals surface area (Å²) < 4.78 is 0. The summed E-state index contributed by atoms with van der Waals surface area (Å²) in [5, 5.41) is 2.87. The fourth-order valence-corrected chi connectivity index (χ4v) is 1.37. The molecule has 0 unspecified atom stereocenters. The van der Waals surface area contributed by atoms with Crippen molar-refractivity contribution in [3.8, 4) is 0 Å². The Morgan fingerprint density at radius 2 is 2.00 bits per heavy atom. The molecular weight excluding hydrogens is 210 g/mol. The standard InChI is InChI=1S/C15H27NO/c1-4-5-6-7-8-9-10-11-15(17)16-13-12-14(2)3/h8-11,14H,4-7,12-13H2,1-3H3,(H,16,17). The molecule has 0 aliphatic rings. The van der Waals surface area contributed by atoms with Crippen LogP contribution in [-0.4, -0.2) is 12.5 Å². The van der Waals surface area contributed by atoms with Crippen LogP contribution in [0, 0.1) is 5.92 Å². The second-order valence-corrected chi connectivity index (χ2v) is 4.76. The first-order valence-electron chi connectivity index (χ1n) is 6.77. The summed E-state index contributed by atoms with van der Waals surface area (Å²) in [6.45, 7) is 7.27. The van der Waals surface area contributed by atoms with E-state index in [9.17, 15) is 4.79 Å². The van der Waals surface area contributed by atoms with E-state index in [1.165, 1.54) is 19.3 Å². The molecule has 0 spiro atoms. The highest BCUT2D eigenvalue weighted by Crippen LogP contribution is 1.99. The average Bonchev–Trinajstić information content (AvgIpc) is 2.27. The predicted octanol–water partition coefficient (Wildman–Crippen LogP) is 3.84. The summed E-state index contributed by atoms with van der Waals surface area (Å²) >= 11 is 0. The van der Waals surface area contributed by atoms with E-state index in [0.29, 0.717) is 5.92 Å². The minimum absolute atomic E-state index is 0.00357. The minimum Gasteiger partial charge on any atom is -0.353 e. The Hall–Kier alpha value is -1.05. The van der Waals surface area contributed by atoms with Gasteiger partial charge >= 0.3 is 0 Å². The normalized spacial score (nSPS) is 11.8. The van der Waals surface area contributed by atoms with Crippen LogP contribution in [0.3, 0.4) is 0 Å². The minimum atomic E-state index is 0.00357. The number of carbonyl (C=O) groups excluding carboxylic acids is 1. The lowest BCUT2D eigenvalue weighted by atomic mass is 10.1. The summed E-state index contributed by atoms with van der Waals surface area (Å²) in [6.07, 6.45) is 13.4. The molecule has 98 valence electrons. The van der Waals surface area contributed by atoms with Crippen molar-refractivity contribution in [1.29, 1.82) is 0 Å². The van der Waals surface area contributed by atoms with Crippen LogP contribution >= 0.6 is 0 Å². The van der Waals surface area contributed by atoms with Crippen LogP contribution in [0.1, 0.15) is 52.9 Å². The largest absolute Gasteiger partial charge is 0.353 e. The lowest BCUT2D eigenvalue weighted by Crippen LogP contribution is -2.23. The first-order chi connectivity index (χ1) is 8.16. The Morgan fingerprint density at radius 3 is 2.65 bits per heavy atom. The molecule has 0 aliphatic carbocycles. The molecule has 0 fully saturated rings. The van der Waals surface area contributed by atoms with Crippen LogP contribution in [0.15, 0.2) is 24.3 Å². The maximum atomic E-state index is 11.3. The molecule has 0 rings (SSSR count). The molecule has 0 aromatic heterocycles. The Labute approximate surface area is 106 Å². The van der Waals surface area contributed by atoms with E-state index < -0.39 is 0 Å². The highest BCUT2D eigenvalue weighted by Gasteiger charge is 1.95. The van der Waals surface area contributed by atoms with Gasteiger partial charge in [-0.2, -0.15) is 0 Å². The van der Waals surface area contributed by atoms with Crippen molar-refractivity contribution in [1.82, 2.24) is 5.32 Å². The molecule has 2 heteroatoms. The van der Waals surface area contributed by atoms with Gasteiger partial charge in [0.05, 0.1) is 0 Å². The van der Waals surface area contributed by atoms with Crippen molar-refractivity contribution < 1.29 is 4.79 Å². The topological polar surface area (TPSA) is 29.1 Å². The number of hydrogen-bond donors (Lipinski definition) is 1. The Kier molecular flexibility index (Phi) is 10.7. The van der Waals surface area contributed by atoms with Gasteiger partial charge in [0.15, 0.2) is 0 Å². The molecule has 0 aromatic rings. The Morgan fingerprint density at radius 1 is 1.24 bits per heavy atom. The number of nitrogens with one attached hydrogen (secondary N) is 1. The molecule has 0 aliphatic heterocycles. The van der Waals surface area contributed by atoms with Crippen LogP contribution in [0.2, 0.25) is 0 Å². The van der Waals surface area contributed by atoms with E-state index in [2.05, 4.69) is 32.2 Å². The van der Waals surface area contributed by atoms with Gasteiger partial charge in [-0.1, -0.05) is 51.8 Å². The highest BCUT2D eigenvalue weighted by atomic mass is 16.1. The van der Waals surface area contributed by atoms with Gasteiger partial charge in [0.25, 0.3) is 0 Å². The highest BCUT2D eigenvalue weighted by molar-refractivity contribution is 5.87. The molecule has 0 radical (unpaired) electrons. The van der Waals surface area contributed by atoms with Crippen LogP contribution in [0.5, 0.6) is 0 Å². The average molecular weight is 237 g/mol. The molecule has 0 bridgehead atoms. The van der Waals surface area contributed by atoms with Gasteiger partial charge in [-0.15, -0.1) is 0 Å². The molecule has 0 aromatic carbocycles. The van der Waals surface area contributed by atoms with Crippen molar-refractivity contribution >= 4 is 5.91 Å². The van der Waals surface area contributed by atoms with Crippen LogP contribution in [0.25, 0.3) is 0 Å². The summed E-state index contributed by atoms with van der Waals surface area (Å²) in [7, 11) is 0. The third kappa shape index (κ3) is 12.9. The number of rotatable bonds is 9. The fraction of sp³-hybridized carbons (Fsp3) is 0.667. The van der Waals surface area contributed by atoms with E-state index in [1.807, 2.05) is 12.2 Å². The van der Waals surface area contributed by atoms with Gasteiger partial charge in [0, 0.05) is 12.6 Å². The van der Waals surface area contributed by atoms with Gasteiger partial charge in [-0.05, 0) is 25.2 Å². The van der Waals surface area contributed by atoms with E-state index in [1.54, 1.807) is 6.08 Å². The Bertz CT molecular complexity index is 241. The first kappa shape index (κ1) is 16.0. The van der Waals surface area contributed by atoms with Crippen LogP contribution < -0.4 is 5.32 Å². The van der Waals surface area contributed by atoms with Crippen molar-refractivity contribution in [3.05, 3.63) is 24.3 Å².